The van der Waals surface area contributed by atoms with Crippen LogP contribution in [-0.2, 0) is 6.54 Å². The van der Waals surface area contributed by atoms with Gasteiger partial charge in [-0.05, 0) is 42.7 Å². The molecule has 0 radical (unpaired) electrons. The van der Waals surface area contributed by atoms with Gasteiger partial charge < -0.3 is 10.1 Å². The first-order valence-corrected chi connectivity index (χ1v) is 8.49. The Balaban J connectivity index is 1.59. The van der Waals surface area contributed by atoms with Gasteiger partial charge in [-0.3, -0.25) is 0 Å². The summed E-state index contributed by atoms with van der Waals surface area (Å²) >= 11 is 1.77. The number of thiazole rings is 1. The minimum Gasteiger partial charge on any atom is -0.497 e. The van der Waals surface area contributed by atoms with Crippen LogP contribution >= 0.6 is 11.3 Å². The van der Waals surface area contributed by atoms with Gasteiger partial charge in [0.1, 0.15) is 10.8 Å². The Bertz CT molecular complexity index is 558. The van der Waals surface area contributed by atoms with Gasteiger partial charge in [0.15, 0.2) is 0 Å². The summed E-state index contributed by atoms with van der Waals surface area (Å²) in [5.74, 6) is 0.891. The summed E-state index contributed by atoms with van der Waals surface area (Å²) in [5, 5.41) is 4.82. The number of nitrogens with zero attached hydrogens (tertiary/aromatic N) is 1. The van der Waals surface area contributed by atoms with Gasteiger partial charge in [0.2, 0.25) is 0 Å². The van der Waals surface area contributed by atoms with E-state index in [9.17, 15) is 0 Å². The molecule has 0 atom stereocenters. The molecule has 0 amide bonds. The fraction of sp³-hybridized carbons (Fsp3) is 0.471. The van der Waals surface area contributed by atoms with Crippen molar-refractivity contribution in [3.05, 3.63) is 35.5 Å². The highest BCUT2D eigenvalue weighted by Gasteiger charge is 2.13. The Morgan fingerprint density at radius 3 is 2.67 bits per heavy atom. The molecule has 1 fully saturated rings. The third-order valence-corrected chi connectivity index (χ3v) is 5.12. The van der Waals surface area contributed by atoms with Crippen molar-refractivity contribution in [3.63, 3.8) is 0 Å². The molecule has 2 aromatic rings. The first-order valence-electron chi connectivity index (χ1n) is 7.67. The molecule has 1 aliphatic rings. The lowest BCUT2D eigenvalue weighted by Crippen LogP contribution is -2.30. The Morgan fingerprint density at radius 1 is 1.19 bits per heavy atom. The van der Waals surface area contributed by atoms with Crippen molar-refractivity contribution in [2.45, 2.75) is 44.7 Å². The van der Waals surface area contributed by atoms with Crippen molar-refractivity contribution in [2.24, 2.45) is 0 Å². The number of rotatable bonds is 5. The van der Waals surface area contributed by atoms with E-state index in [1.54, 1.807) is 18.4 Å². The second kappa shape index (κ2) is 7.05. The first kappa shape index (κ1) is 14.5. The summed E-state index contributed by atoms with van der Waals surface area (Å²) in [4.78, 5) is 5.76. The van der Waals surface area contributed by atoms with Crippen molar-refractivity contribution < 1.29 is 4.74 Å². The highest BCUT2D eigenvalue weighted by molar-refractivity contribution is 7.15. The highest BCUT2D eigenvalue weighted by atomic mass is 32.1. The molecule has 1 saturated carbocycles. The lowest BCUT2D eigenvalue weighted by atomic mass is 9.96. The molecule has 21 heavy (non-hydrogen) atoms. The highest BCUT2D eigenvalue weighted by Crippen LogP contribution is 2.28. The van der Waals surface area contributed by atoms with Crippen molar-refractivity contribution in [2.75, 3.05) is 7.11 Å². The predicted octanol–water partition coefficient (Wildman–Crippen LogP) is 4.24. The van der Waals surface area contributed by atoms with E-state index in [1.807, 2.05) is 18.3 Å². The van der Waals surface area contributed by atoms with Crippen LogP contribution in [0.5, 0.6) is 5.75 Å². The maximum atomic E-state index is 5.19. The molecule has 0 unspecified atom stereocenters. The van der Waals surface area contributed by atoms with Crippen LogP contribution in [0.25, 0.3) is 10.4 Å². The summed E-state index contributed by atoms with van der Waals surface area (Å²) in [7, 11) is 1.69. The maximum absolute atomic E-state index is 5.19. The molecule has 0 saturated heterocycles. The maximum Gasteiger partial charge on any atom is 0.118 e. The Kier molecular flexibility index (Phi) is 4.88. The SMILES string of the molecule is COc1ccc(-c2cnc(CNC3CCCCC3)s2)cc1. The van der Waals surface area contributed by atoms with Crippen molar-refractivity contribution in [3.8, 4) is 16.2 Å². The molecule has 4 heteroatoms. The van der Waals surface area contributed by atoms with E-state index in [-0.39, 0.29) is 0 Å². The molecule has 1 aliphatic carbocycles. The quantitative estimate of drug-likeness (QED) is 0.897. The minimum atomic E-state index is 0.687. The van der Waals surface area contributed by atoms with E-state index in [0.717, 1.165) is 12.3 Å². The minimum absolute atomic E-state index is 0.687. The van der Waals surface area contributed by atoms with Crippen LogP contribution in [0.15, 0.2) is 30.5 Å². The Morgan fingerprint density at radius 2 is 1.95 bits per heavy atom. The molecule has 1 N–H and O–H groups in total. The second-order valence-corrected chi connectivity index (χ2v) is 6.68. The lowest BCUT2D eigenvalue weighted by Gasteiger charge is -2.22. The van der Waals surface area contributed by atoms with Crippen LogP contribution in [0.3, 0.4) is 0 Å². The number of benzene rings is 1. The van der Waals surface area contributed by atoms with Gasteiger partial charge >= 0.3 is 0 Å². The van der Waals surface area contributed by atoms with Crippen LogP contribution in [0.2, 0.25) is 0 Å². The fourth-order valence-electron chi connectivity index (χ4n) is 2.82. The zero-order chi connectivity index (χ0) is 14.5. The fourth-order valence-corrected chi connectivity index (χ4v) is 3.69. The molecule has 0 spiro atoms. The van der Waals surface area contributed by atoms with Crippen LogP contribution in [0.4, 0.5) is 0 Å². The molecule has 1 heterocycles. The van der Waals surface area contributed by atoms with E-state index in [1.165, 1.54) is 47.6 Å². The van der Waals surface area contributed by atoms with E-state index < -0.39 is 0 Å². The van der Waals surface area contributed by atoms with Crippen LogP contribution < -0.4 is 10.1 Å². The van der Waals surface area contributed by atoms with E-state index >= 15 is 0 Å². The van der Waals surface area contributed by atoms with E-state index in [0.29, 0.717) is 6.04 Å². The van der Waals surface area contributed by atoms with Gasteiger partial charge in [0, 0.05) is 18.8 Å². The normalized spacial score (nSPS) is 16.0. The Labute approximate surface area is 130 Å². The Hall–Kier alpha value is -1.39. The molecular formula is C17H22N2OS. The number of methoxy groups -OCH3 is 1. The van der Waals surface area contributed by atoms with Crippen LogP contribution in [0, 0.1) is 0 Å². The van der Waals surface area contributed by atoms with Gasteiger partial charge in [-0.1, -0.05) is 19.3 Å². The summed E-state index contributed by atoms with van der Waals surface area (Å²) in [6.45, 7) is 0.894. The van der Waals surface area contributed by atoms with Gasteiger partial charge in [-0.2, -0.15) is 0 Å². The van der Waals surface area contributed by atoms with E-state index in [2.05, 4.69) is 22.4 Å². The lowest BCUT2D eigenvalue weighted by molar-refractivity contribution is 0.372. The molecule has 3 rings (SSSR count). The molecular weight excluding hydrogens is 280 g/mol. The second-order valence-electron chi connectivity index (χ2n) is 5.56. The average molecular weight is 302 g/mol. The molecule has 0 aliphatic heterocycles. The third-order valence-electron chi connectivity index (χ3n) is 4.08. The zero-order valence-electron chi connectivity index (χ0n) is 12.5. The van der Waals surface area contributed by atoms with Gasteiger partial charge in [0.05, 0.1) is 12.0 Å². The van der Waals surface area contributed by atoms with Crippen LogP contribution in [0.1, 0.15) is 37.1 Å². The number of ether oxygens (including phenoxy) is 1. The van der Waals surface area contributed by atoms with Gasteiger partial charge in [-0.25, -0.2) is 4.98 Å². The molecule has 1 aromatic carbocycles. The number of hydrogen-bond donors (Lipinski definition) is 1. The number of nitrogens with one attached hydrogen (secondary N) is 1. The van der Waals surface area contributed by atoms with Crippen molar-refractivity contribution in [1.82, 2.24) is 10.3 Å². The monoisotopic (exact) mass is 302 g/mol. The average Bonchev–Trinajstić information content (AvgIpc) is 3.03. The molecule has 1 aromatic heterocycles. The topological polar surface area (TPSA) is 34.1 Å². The summed E-state index contributed by atoms with van der Waals surface area (Å²) in [6, 6.07) is 8.85. The van der Waals surface area contributed by atoms with Crippen LogP contribution in [-0.4, -0.2) is 18.1 Å². The largest absolute Gasteiger partial charge is 0.497 e. The van der Waals surface area contributed by atoms with E-state index in [4.69, 9.17) is 4.74 Å². The van der Waals surface area contributed by atoms with Crippen molar-refractivity contribution >= 4 is 11.3 Å². The zero-order valence-corrected chi connectivity index (χ0v) is 13.3. The number of aromatic nitrogens is 1. The molecule has 112 valence electrons. The standard InChI is InChI=1S/C17H22N2OS/c1-20-15-9-7-13(8-10-15)16-11-19-17(21-16)12-18-14-5-3-2-4-6-14/h7-11,14,18H,2-6,12H2,1H3. The smallest absolute Gasteiger partial charge is 0.118 e. The summed E-state index contributed by atoms with van der Waals surface area (Å²) in [5.41, 5.74) is 1.21. The third kappa shape index (κ3) is 3.83. The summed E-state index contributed by atoms with van der Waals surface area (Å²) in [6.07, 6.45) is 8.74. The summed E-state index contributed by atoms with van der Waals surface area (Å²) < 4.78 is 5.19. The molecule has 0 bridgehead atoms. The molecule has 3 nitrogen and oxygen atoms in total. The first-order chi connectivity index (χ1) is 10.3. The van der Waals surface area contributed by atoms with Gasteiger partial charge in [-0.15, -0.1) is 11.3 Å². The van der Waals surface area contributed by atoms with Gasteiger partial charge in [0.25, 0.3) is 0 Å². The predicted molar refractivity (Wildman–Crippen MR) is 87.8 cm³/mol. The van der Waals surface area contributed by atoms with Crippen molar-refractivity contribution in [1.29, 1.82) is 0 Å². The number of hydrogen-bond acceptors (Lipinski definition) is 4.